The minimum Gasteiger partial charge on any atom is -0.481 e. The van der Waals surface area contributed by atoms with Crippen LogP contribution in [0.1, 0.15) is 99.8 Å². The molecule has 0 spiro atoms. The minimum absolute atomic E-state index is 0.0388. The summed E-state index contributed by atoms with van der Waals surface area (Å²) < 4.78 is 0. The molecule has 0 aromatic carbocycles. The highest BCUT2D eigenvalue weighted by atomic mass is 16.4. The normalized spacial score (nSPS) is 47.6. The van der Waals surface area contributed by atoms with Gasteiger partial charge in [0.05, 0.1) is 22.9 Å². The van der Waals surface area contributed by atoms with Crippen LogP contribution in [0.15, 0.2) is 11.6 Å². The molecule has 0 aromatic rings. The Hall–Kier alpha value is -1.89. The summed E-state index contributed by atoms with van der Waals surface area (Å²) in [5, 5.41) is 42.5. The Bertz CT molecular complexity index is 1040. The molecule has 4 N–H and O–H groups in total. The lowest BCUT2D eigenvalue weighted by atomic mass is 9.34. The number of hydrogen-bond donors (Lipinski definition) is 4. The fraction of sp³-hybridized carbons (Fsp3) is 0.833. The Kier molecular flexibility index (Phi) is 6.31. The molecule has 4 aliphatic carbocycles. The molecule has 7 heteroatoms. The van der Waals surface area contributed by atoms with Crippen LogP contribution in [-0.2, 0) is 14.4 Å². The van der Waals surface area contributed by atoms with Crippen molar-refractivity contribution >= 4 is 17.9 Å². The third-order valence-electron chi connectivity index (χ3n) is 12.7. The SMILES string of the molecule is CC1CCC2(C(=O)O)CCC3(C)C(=CCC4C(C)(CC(=O)O)C(C(C)(C)C(=O)O)CCC43C)C2C1(C)O. The summed E-state index contributed by atoms with van der Waals surface area (Å²) in [4.78, 5) is 37.4. The molecule has 0 saturated heterocycles. The summed E-state index contributed by atoms with van der Waals surface area (Å²) >= 11 is 0. The number of aliphatic hydroxyl groups is 1. The summed E-state index contributed by atoms with van der Waals surface area (Å²) in [6.07, 6.45) is 6.29. The van der Waals surface area contributed by atoms with Crippen molar-refractivity contribution in [3.8, 4) is 0 Å². The molecule has 7 nitrogen and oxygen atoms in total. The molecule has 0 bridgehead atoms. The summed E-state index contributed by atoms with van der Waals surface area (Å²) in [5.74, 6) is -3.60. The molecule has 0 aliphatic heterocycles. The Morgan fingerprint density at radius 1 is 0.973 bits per heavy atom. The number of allylic oxidation sites excluding steroid dienone is 1. The first-order valence-electron chi connectivity index (χ1n) is 13.9. The van der Waals surface area contributed by atoms with Gasteiger partial charge in [0.25, 0.3) is 0 Å². The highest BCUT2D eigenvalue weighted by Gasteiger charge is 2.71. The molecular weight excluding hydrogens is 472 g/mol. The molecule has 9 atom stereocenters. The second-order valence-corrected chi connectivity index (χ2v) is 14.5. The maximum atomic E-state index is 12.8. The number of fused-ring (bicyclic) bond motifs is 5. The van der Waals surface area contributed by atoms with E-state index in [9.17, 15) is 34.8 Å². The van der Waals surface area contributed by atoms with Crippen molar-refractivity contribution in [1.29, 1.82) is 0 Å². The van der Waals surface area contributed by atoms with Crippen LogP contribution in [0.4, 0.5) is 0 Å². The summed E-state index contributed by atoms with van der Waals surface area (Å²) in [6.45, 7) is 13.7. The molecule has 3 fully saturated rings. The largest absolute Gasteiger partial charge is 0.481 e. The lowest BCUT2D eigenvalue weighted by Gasteiger charge is -2.70. The van der Waals surface area contributed by atoms with Crippen molar-refractivity contribution < 1.29 is 34.8 Å². The number of carbonyl (C=O) groups is 3. The molecular formula is C30H46O7. The Balaban J connectivity index is 1.90. The molecule has 4 rings (SSSR count). The molecule has 4 aliphatic rings. The first-order valence-corrected chi connectivity index (χ1v) is 13.9. The van der Waals surface area contributed by atoms with Crippen LogP contribution in [0.5, 0.6) is 0 Å². The van der Waals surface area contributed by atoms with E-state index in [1.807, 2.05) is 13.8 Å². The quantitative estimate of drug-likeness (QED) is 0.348. The third kappa shape index (κ3) is 3.51. The zero-order chi connectivity index (χ0) is 28.0. The zero-order valence-corrected chi connectivity index (χ0v) is 23.6. The van der Waals surface area contributed by atoms with E-state index in [1.165, 1.54) is 0 Å². The van der Waals surface area contributed by atoms with Gasteiger partial charge in [-0.05, 0) is 99.7 Å². The molecule has 37 heavy (non-hydrogen) atoms. The van der Waals surface area contributed by atoms with Crippen LogP contribution >= 0.6 is 0 Å². The number of aliphatic carboxylic acids is 3. The van der Waals surface area contributed by atoms with Gasteiger partial charge < -0.3 is 20.4 Å². The van der Waals surface area contributed by atoms with Crippen molar-refractivity contribution in [1.82, 2.24) is 0 Å². The van der Waals surface area contributed by atoms with E-state index in [-0.39, 0.29) is 29.6 Å². The monoisotopic (exact) mass is 518 g/mol. The fourth-order valence-electron chi connectivity index (χ4n) is 10.1. The molecule has 0 aromatic heterocycles. The lowest BCUT2D eigenvalue weighted by molar-refractivity contribution is -0.206. The summed E-state index contributed by atoms with van der Waals surface area (Å²) in [6, 6.07) is 0. The number of hydrogen-bond acceptors (Lipinski definition) is 4. The Morgan fingerprint density at radius 3 is 2.14 bits per heavy atom. The Morgan fingerprint density at radius 2 is 1.59 bits per heavy atom. The van der Waals surface area contributed by atoms with Gasteiger partial charge in [0, 0.05) is 5.92 Å². The van der Waals surface area contributed by atoms with Gasteiger partial charge >= 0.3 is 17.9 Å². The van der Waals surface area contributed by atoms with Crippen LogP contribution in [0.3, 0.4) is 0 Å². The smallest absolute Gasteiger partial charge is 0.310 e. The van der Waals surface area contributed by atoms with Gasteiger partial charge in [0.2, 0.25) is 0 Å². The summed E-state index contributed by atoms with van der Waals surface area (Å²) in [5.41, 5.74) is -3.74. The molecule has 208 valence electrons. The third-order valence-corrected chi connectivity index (χ3v) is 12.7. The molecule has 9 unspecified atom stereocenters. The summed E-state index contributed by atoms with van der Waals surface area (Å²) in [7, 11) is 0. The average molecular weight is 519 g/mol. The van der Waals surface area contributed by atoms with E-state index in [1.54, 1.807) is 20.8 Å². The highest BCUT2D eigenvalue weighted by molar-refractivity contribution is 5.77. The Labute approximate surface area is 220 Å². The van der Waals surface area contributed by atoms with Crippen molar-refractivity contribution in [3.05, 3.63) is 11.6 Å². The average Bonchev–Trinajstić information content (AvgIpc) is 2.76. The number of rotatable bonds is 5. The van der Waals surface area contributed by atoms with Crippen LogP contribution in [0.2, 0.25) is 0 Å². The van der Waals surface area contributed by atoms with E-state index >= 15 is 0 Å². The van der Waals surface area contributed by atoms with Crippen LogP contribution in [-0.4, -0.2) is 43.9 Å². The number of carboxylic acid groups (broad SMARTS) is 3. The highest BCUT2D eigenvalue weighted by Crippen LogP contribution is 2.75. The van der Waals surface area contributed by atoms with Gasteiger partial charge in [-0.3, -0.25) is 14.4 Å². The van der Waals surface area contributed by atoms with Gasteiger partial charge in [-0.15, -0.1) is 0 Å². The van der Waals surface area contributed by atoms with Gasteiger partial charge in [-0.1, -0.05) is 39.3 Å². The molecule has 0 heterocycles. The fourth-order valence-corrected chi connectivity index (χ4v) is 10.1. The molecule has 3 saturated carbocycles. The van der Waals surface area contributed by atoms with Crippen LogP contribution < -0.4 is 0 Å². The van der Waals surface area contributed by atoms with E-state index < -0.39 is 51.1 Å². The second kappa shape index (κ2) is 8.30. The van der Waals surface area contributed by atoms with Gasteiger partial charge in [0.15, 0.2) is 0 Å². The van der Waals surface area contributed by atoms with Gasteiger partial charge in [0.1, 0.15) is 0 Å². The second-order valence-electron chi connectivity index (χ2n) is 14.5. The van der Waals surface area contributed by atoms with Gasteiger partial charge in [-0.25, -0.2) is 0 Å². The lowest BCUT2D eigenvalue weighted by Crippen LogP contribution is -2.67. The topological polar surface area (TPSA) is 132 Å². The van der Waals surface area contributed by atoms with Crippen molar-refractivity contribution in [2.75, 3.05) is 0 Å². The zero-order valence-electron chi connectivity index (χ0n) is 23.6. The van der Waals surface area contributed by atoms with Crippen LogP contribution in [0, 0.1) is 50.7 Å². The standard InChI is InChI=1S/C30H46O7/c1-17-10-13-30(24(35)36)15-14-27(5)18(22(30)29(17,7)37)8-9-20-26(4,16-21(31)32)19(11-12-28(20,27)6)25(2,3)23(33)34/h8,17,19-20,22,37H,9-16H2,1-7H3,(H,31,32)(H,33,34)(H,35,36). The predicted molar refractivity (Wildman–Crippen MR) is 139 cm³/mol. The minimum atomic E-state index is -1.17. The maximum Gasteiger partial charge on any atom is 0.310 e. The first-order chi connectivity index (χ1) is 16.8. The van der Waals surface area contributed by atoms with Gasteiger partial charge in [-0.2, -0.15) is 0 Å². The maximum absolute atomic E-state index is 12.8. The van der Waals surface area contributed by atoms with E-state index in [4.69, 9.17) is 0 Å². The van der Waals surface area contributed by atoms with Crippen molar-refractivity contribution in [3.63, 3.8) is 0 Å². The molecule has 0 radical (unpaired) electrons. The number of carboxylic acids is 3. The van der Waals surface area contributed by atoms with E-state index in [2.05, 4.69) is 19.9 Å². The predicted octanol–water partition coefficient (Wildman–Crippen LogP) is 5.61. The molecule has 0 amide bonds. The van der Waals surface area contributed by atoms with Crippen molar-refractivity contribution in [2.24, 2.45) is 50.7 Å². The van der Waals surface area contributed by atoms with E-state index in [0.29, 0.717) is 38.5 Å². The van der Waals surface area contributed by atoms with Crippen molar-refractivity contribution in [2.45, 2.75) is 105 Å². The van der Waals surface area contributed by atoms with Crippen LogP contribution in [0.25, 0.3) is 0 Å². The first kappa shape index (κ1) is 28.1. The van der Waals surface area contributed by atoms with E-state index in [0.717, 1.165) is 12.0 Å².